The number of aliphatic hydroxyl groups is 1. The zero-order valence-corrected chi connectivity index (χ0v) is 21.5. The third-order valence-corrected chi connectivity index (χ3v) is 6.73. The van der Waals surface area contributed by atoms with Gasteiger partial charge in [-0.25, -0.2) is 4.79 Å². The van der Waals surface area contributed by atoms with Crippen LogP contribution in [0.25, 0.3) is 0 Å². The number of rotatable bonds is 16. The van der Waals surface area contributed by atoms with E-state index in [1.54, 1.807) is 11.6 Å². The van der Waals surface area contributed by atoms with E-state index in [-0.39, 0.29) is 23.5 Å². The van der Waals surface area contributed by atoms with Gasteiger partial charge in [-0.3, -0.25) is 19.7 Å². The van der Waals surface area contributed by atoms with E-state index in [1.807, 2.05) is 18.9 Å². The second-order valence-corrected chi connectivity index (χ2v) is 9.93. The predicted molar refractivity (Wildman–Crippen MR) is 137 cm³/mol. The number of hydrogen-bond acceptors (Lipinski definition) is 6. The highest BCUT2D eigenvalue weighted by atomic mass is 16.3. The van der Waals surface area contributed by atoms with Crippen molar-refractivity contribution in [2.45, 2.75) is 116 Å². The van der Waals surface area contributed by atoms with E-state index in [2.05, 4.69) is 29.0 Å². The molecule has 0 saturated carbocycles. The molecule has 2 heterocycles. The predicted octanol–water partition coefficient (Wildman–Crippen LogP) is 3.67. The van der Waals surface area contributed by atoms with E-state index in [0.717, 1.165) is 44.9 Å². The van der Waals surface area contributed by atoms with Gasteiger partial charge in [-0.1, -0.05) is 64.7 Å². The summed E-state index contributed by atoms with van der Waals surface area (Å²) in [6.07, 6.45) is 13.4. The number of nitrogens with zero attached hydrogens (tertiary/aromatic N) is 3. The largest absolute Gasteiger partial charge is 0.393 e. The fourth-order valence-corrected chi connectivity index (χ4v) is 4.81. The summed E-state index contributed by atoms with van der Waals surface area (Å²) in [7, 11) is 3.64. The first kappa shape index (κ1) is 27.4. The summed E-state index contributed by atoms with van der Waals surface area (Å²) in [5.74, 6) is 0.702. The van der Waals surface area contributed by atoms with E-state index < -0.39 is 0 Å². The molecule has 0 bridgehead atoms. The van der Waals surface area contributed by atoms with Crippen molar-refractivity contribution < 1.29 is 5.11 Å². The van der Waals surface area contributed by atoms with Crippen LogP contribution >= 0.6 is 0 Å². The van der Waals surface area contributed by atoms with E-state index in [4.69, 9.17) is 0 Å². The Morgan fingerprint density at radius 2 is 1.55 bits per heavy atom. The first-order chi connectivity index (χ1) is 15.8. The molecule has 0 aliphatic carbocycles. The fourth-order valence-electron chi connectivity index (χ4n) is 4.81. The molecule has 8 heteroatoms. The van der Waals surface area contributed by atoms with Crippen LogP contribution in [0.5, 0.6) is 0 Å². The third-order valence-electron chi connectivity index (χ3n) is 6.73. The molecule has 3 unspecified atom stereocenters. The molecule has 1 aromatic heterocycles. The van der Waals surface area contributed by atoms with Gasteiger partial charge in [0.25, 0.3) is 5.56 Å². The second-order valence-electron chi connectivity index (χ2n) is 9.93. The lowest BCUT2D eigenvalue weighted by Crippen LogP contribution is -2.51. The van der Waals surface area contributed by atoms with Crippen molar-refractivity contribution in [3.05, 3.63) is 20.8 Å². The monoisotopic (exact) mass is 465 g/mol. The van der Waals surface area contributed by atoms with Crippen LogP contribution in [0.2, 0.25) is 0 Å². The summed E-state index contributed by atoms with van der Waals surface area (Å²) in [5.41, 5.74) is -0.133. The molecule has 1 aliphatic heterocycles. The van der Waals surface area contributed by atoms with Crippen molar-refractivity contribution in [2.24, 2.45) is 7.05 Å². The lowest BCUT2D eigenvalue weighted by atomic mass is 10.0. The Hall–Kier alpha value is -1.80. The number of nitrogens with one attached hydrogen (secondary N) is 2. The molecule has 0 spiro atoms. The average molecular weight is 466 g/mol. The molecule has 0 radical (unpaired) electrons. The van der Waals surface area contributed by atoms with Gasteiger partial charge < -0.3 is 14.9 Å². The van der Waals surface area contributed by atoms with Crippen molar-refractivity contribution in [1.82, 2.24) is 14.9 Å². The topological polar surface area (TPSA) is 93.6 Å². The average Bonchev–Trinajstić information content (AvgIpc) is 3.11. The molecule has 3 atom stereocenters. The zero-order valence-electron chi connectivity index (χ0n) is 21.5. The molecular formula is C25H47N5O3. The SMILES string of the molecule is CCCCCCCC(C)NC(CCCCCCC(C)O)N1CN(C)c2c1n(C)c(=O)[nH]c2=O. The van der Waals surface area contributed by atoms with Crippen molar-refractivity contribution in [1.29, 1.82) is 0 Å². The Balaban J connectivity index is 2.08. The van der Waals surface area contributed by atoms with Crippen LogP contribution < -0.4 is 26.4 Å². The highest BCUT2D eigenvalue weighted by Gasteiger charge is 2.34. The normalized spacial score (nSPS) is 16.2. The van der Waals surface area contributed by atoms with Crippen LogP contribution in [0.1, 0.15) is 97.8 Å². The Morgan fingerprint density at radius 3 is 2.18 bits per heavy atom. The minimum atomic E-state index is -0.375. The standard InChI is InChI=1S/C25H47N5O3/c1-6-7-8-9-12-15-19(2)26-21(17-14-11-10-13-16-20(3)31)30-18-28(4)22-23(32)27-25(33)29(5)24(22)30/h19-21,26,31H,6-18H2,1-5H3,(H,27,32,33). The Bertz CT molecular complexity index is 819. The van der Waals surface area contributed by atoms with Crippen LogP contribution in [0.15, 0.2) is 9.59 Å². The Labute approximate surface area is 199 Å². The number of fused-ring (bicyclic) bond motifs is 1. The third kappa shape index (κ3) is 8.18. The molecule has 0 aromatic carbocycles. The van der Waals surface area contributed by atoms with Gasteiger partial charge >= 0.3 is 5.69 Å². The van der Waals surface area contributed by atoms with Gasteiger partial charge in [0.15, 0.2) is 0 Å². The number of aliphatic hydroxyl groups excluding tert-OH is 1. The van der Waals surface area contributed by atoms with E-state index in [9.17, 15) is 14.7 Å². The molecule has 8 nitrogen and oxygen atoms in total. The van der Waals surface area contributed by atoms with Crippen LogP contribution in [0, 0.1) is 0 Å². The molecule has 0 saturated heterocycles. The van der Waals surface area contributed by atoms with Crippen LogP contribution in [-0.4, -0.2) is 46.7 Å². The van der Waals surface area contributed by atoms with Crippen LogP contribution in [0.3, 0.4) is 0 Å². The number of unbranched alkanes of at least 4 members (excludes halogenated alkanes) is 7. The van der Waals surface area contributed by atoms with Gasteiger partial charge in [0.2, 0.25) is 0 Å². The van der Waals surface area contributed by atoms with Gasteiger partial charge in [-0.2, -0.15) is 0 Å². The van der Waals surface area contributed by atoms with Crippen LogP contribution in [-0.2, 0) is 7.05 Å². The summed E-state index contributed by atoms with van der Waals surface area (Å²) in [6.45, 7) is 6.91. The quantitative estimate of drug-likeness (QED) is 0.323. The lowest BCUT2D eigenvalue weighted by molar-refractivity contribution is 0.180. The number of H-pyrrole nitrogens is 1. The smallest absolute Gasteiger partial charge is 0.329 e. The summed E-state index contributed by atoms with van der Waals surface area (Å²) in [6, 6.07) is 0.361. The Morgan fingerprint density at radius 1 is 0.939 bits per heavy atom. The molecular weight excluding hydrogens is 418 g/mol. The Kier molecular flexibility index (Phi) is 11.5. The fraction of sp³-hybridized carbons (Fsp3) is 0.840. The van der Waals surface area contributed by atoms with Crippen molar-refractivity contribution in [3.63, 3.8) is 0 Å². The molecule has 190 valence electrons. The van der Waals surface area contributed by atoms with Gasteiger partial charge in [0.1, 0.15) is 11.5 Å². The summed E-state index contributed by atoms with van der Waals surface area (Å²) >= 11 is 0. The van der Waals surface area contributed by atoms with E-state index in [0.29, 0.717) is 24.2 Å². The number of anilines is 2. The highest BCUT2D eigenvalue weighted by molar-refractivity contribution is 5.71. The van der Waals surface area contributed by atoms with Gasteiger partial charge in [0, 0.05) is 20.1 Å². The van der Waals surface area contributed by atoms with Crippen LogP contribution in [0.4, 0.5) is 11.5 Å². The first-order valence-corrected chi connectivity index (χ1v) is 13.0. The summed E-state index contributed by atoms with van der Waals surface area (Å²) in [5, 5.41) is 13.3. The highest BCUT2D eigenvalue weighted by Crippen LogP contribution is 2.32. The first-order valence-electron chi connectivity index (χ1n) is 13.0. The minimum Gasteiger partial charge on any atom is -0.393 e. The molecule has 1 aliphatic rings. The van der Waals surface area contributed by atoms with Crippen molar-refractivity contribution in [3.8, 4) is 0 Å². The van der Waals surface area contributed by atoms with Gasteiger partial charge in [0.05, 0.1) is 18.9 Å². The van der Waals surface area contributed by atoms with Gasteiger partial charge in [-0.05, 0) is 33.1 Å². The van der Waals surface area contributed by atoms with E-state index in [1.165, 1.54) is 32.1 Å². The number of hydrogen-bond donors (Lipinski definition) is 3. The maximum Gasteiger partial charge on any atom is 0.329 e. The number of aromatic amines is 1. The maximum atomic E-state index is 12.5. The molecule has 0 fully saturated rings. The molecule has 0 amide bonds. The van der Waals surface area contributed by atoms with E-state index >= 15 is 0 Å². The summed E-state index contributed by atoms with van der Waals surface area (Å²) < 4.78 is 1.56. The van der Waals surface area contributed by atoms with Crippen molar-refractivity contribution in [2.75, 3.05) is 23.5 Å². The number of aromatic nitrogens is 2. The zero-order chi connectivity index (χ0) is 24.4. The molecule has 1 aromatic rings. The molecule has 33 heavy (non-hydrogen) atoms. The second kappa shape index (κ2) is 13.8. The minimum absolute atomic E-state index is 0.0588. The molecule has 2 rings (SSSR count). The maximum absolute atomic E-state index is 12.5. The lowest BCUT2D eigenvalue weighted by Gasteiger charge is -2.34. The molecule has 3 N–H and O–H groups in total. The van der Waals surface area contributed by atoms with Crippen molar-refractivity contribution >= 4 is 11.5 Å². The summed E-state index contributed by atoms with van der Waals surface area (Å²) in [4.78, 5) is 31.4. The van der Waals surface area contributed by atoms with Gasteiger partial charge in [-0.15, -0.1) is 0 Å².